The van der Waals surface area contributed by atoms with Gasteiger partial charge in [-0.2, -0.15) is 0 Å². The summed E-state index contributed by atoms with van der Waals surface area (Å²) in [5, 5.41) is 0.732. The number of fused-ring (bicyclic) bond motifs is 2. The Morgan fingerprint density at radius 1 is 1.05 bits per heavy atom. The maximum absolute atomic E-state index is 13.7. The topological polar surface area (TPSA) is 102 Å². The third-order valence-corrected chi connectivity index (χ3v) is 9.44. The number of sulfonamides is 1. The molecule has 9 nitrogen and oxygen atoms in total. The number of carbonyl (C=O) groups is 2. The van der Waals surface area contributed by atoms with Crippen molar-refractivity contribution in [1.29, 1.82) is 0 Å². The lowest BCUT2D eigenvalue weighted by atomic mass is 10.1. The van der Waals surface area contributed by atoms with Gasteiger partial charge >= 0.3 is 5.97 Å². The Kier molecular flexibility index (Phi) is 7.19. The van der Waals surface area contributed by atoms with Crippen molar-refractivity contribution in [2.45, 2.75) is 17.9 Å². The number of esters is 1. The summed E-state index contributed by atoms with van der Waals surface area (Å²) >= 11 is 1.29. The molecule has 1 atom stereocenters. The van der Waals surface area contributed by atoms with Crippen LogP contribution in [0.5, 0.6) is 11.5 Å². The molecule has 11 heteroatoms. The van der Waals surface area contributed by atoms with Gasteiger partial charge in [0.2, 0.25) is 6.10 Å². The normalized spacial score (nSPS) is 14.8. The fourth-order valence-corrected chi connectivity index (χ4v) is 6.93. The van der Waals surface area contributed by atoms with Gasteiger partial charge in [0.15, 0.2) is 0 Å². The van der Waals surface area contributed by atoms with Crippen LogP contribution in [0.25, 0.3) is 10.1 Å². The molecule has 3 aromatic carbocycles. The molecule has 0 unspecified atom stereocenters. The summed E-state index contributed by atoms with van der Waals surface area (Å²) in [7, 11) is -1.03. The van der Waals surface area contributed by atoms with Gasteiger partial charge < -0.3 is 14.2 Å². The highest BCUT2D eigenvalue weighted by Crippen LogP contribution is 2.37. The molecule has 0 radical (unpaired) electrons. The van der Waals surface area contributed by atoms with Crippen LogP contribution >= 0.6 is 11.3 Å². The fourth-order valence-electron chi connectivity index (χ4n) is 4.47. The maximum Gasteiger partial charge on any atom is 0.348 e. The van der Waals surface area contributed by atoms with Crippen molar-refractivity contribution in [3.63, 3.8) is 0 Å². The van der Waals surface area contributed by atoms with Crippen molar-refractivity contribution in [3.05, 3.63) is 77.7 Å². The molecule has 0 N–H and O–H groups in total. The number of rotatable bonds is 7. The van der Waals surface area contributed by atoms with Gasteiger partial charge in [0.25, 0.3) is 15.9 Å². The van der Waals surface area contributed by atoms with Crippen molar-refractivity contribution >= 4 is 54.7 Å². The van der Waals surface area contributed by atoms with E-state index in [4.69, 9.17) is 14.2 Å². The number of thiophene rings is 1. The second kappa shape index (κ2) is 10.6. The first-order chi connectivity index (χ1) is 18.8. The molecule has 1 aliphatic rings. The molecule has 0 saturated heterocycles. The van der Waals surface area contributed by atoms with Crippen LogP contribution in [-0.2, 0) is 19.6 Å². The van der Waals surface area contributed by atoms with Crippen LogP contribution in [0, 0.1) is 0 Å². The average Bonchev–Trinajstić information content (AvgIpc) is 3.39. The van der Waals surface area contributed by atoms with E-state index >= 15 is 0 Å². The summed E-state index contributed by atoms with van der Waals surface area (Å²) in [6.07, 6.45) is -0.948. The number of carbonyl (C=O) groups excluding carboxylic acids is 2. The van der Waals surface area contributed by atoms with Gasteiger partial charge in [-0.25, -0.2) is 13.2 Å². The Bertz CT molecular complexity index is 1650. The summed E-state index contributed by atoms with van der Waals surface area (Å²) in [4.78, 5) is 28.0. The molecule has 0 fully saturated rings. The van der Waals surface area contributed by atoms with E-state index < -0.39 is 22.1 Å². The van der Waals surface area contributed by atoms with Crippen LogP contribution in [0.15, 0.2) is 77.7 Å². The highest BCUT2D eigenvalue weighted by Gasteiger charge is 2.35. The van der Waals surface area contributed by atoms with Gasteiger partial charge in [-0.15, -0.1) is 11.3 Å². The van der Waals surface area contributed by atoms with E-state index in [2.05, 4.69) is 0 Å². The minimum atomic E-state index is -3.83. The molecule has 0 saturated carbocycles. The second-order valence-electron chi connectivity index (χ2n) is 8.69. The molecule has 0 bridgehead atoms. The third-order valence-electron chi connectivity index (χ3n) is 6.42. The Morgan fingerprint density at radius 2 is 1.79 bits per heavy atom. The Hall–Kier alpha value is -4.09. The van der Waals surface area contributed by atoms with E-state index in [1.807, 2.05) is 6.07 Å². The van der Waals surface area contributed by atoms with E-state index in [1.54, 1.807) is 61.5 Å². The highest BCUT2D eigenvalue weighted by molar-refractivity contribution is 7.92. The van der Waals surface area contributed by atoms with Crippen LogP contribution in [0.1, 0.15) is 16.6 Å². The van der Waals surface area contributed by atoms with Crippen LogP contribution in [0.3, 0.4) is 0 Å². The average molecular weight is 567 g/mol. The van der Waals surface area contributed by atoms with Crippen LogP contribution < -0.4 is 18.7 Å². The van der Waals surface area contributed by atoms with Crippen molar-refractivity contribution in [2.75, 3.05) is 36.5 Å². The minimum absolute atomic E-state index is 0.00569. The minimum Gasteiger partial charge on any atom is -0.497 e. The Labute approximate surface area is 230 Å². The number of benzene rings is 3. The molecule has 0 aliphatic carbocycles. The molecule has 0 spiro atoms. The van der Waals surface area contributed by atoms with Gasteiger partial charge in [-0.3, -0.25) is 14.0 Å². The van der Waals surface area contributed by atoms with E-state index in [1.165, 1.54) is 46.9 Å². The fraction of sp³-hybridized carbons (Fsp3) is 0.214. The number of hydrogen-bond acceptors (Lipinski definition) is 8. The number of ether oxygens (including phenoxy) is 3. The van der Waals surface area contributed by atoms with Crippen LogP contribution in [0.2, 0.25) is 0 Å². The molecule has 202 valence electrons. The summed E-state index contributed by atoms with van der Waals surface area (Å²) in [6, 6.07) is 20.3. The quantitative estimate of drug-likeness (QED) is 0.299. The standard InChI is InChI=1S/C28H26N2O7S2/c1-4-30(39(33,34)21-12-10-20(35-2)11-13-21)19-9-14-25-18(15-19)16-26(38-25)27(31)29-17-24(28(32)36-3)37-23-8-6-5-7-22(23)29/h5-16,24H,4,17H2,1-3H3/t24-/m1/s1. The zero-order valence-corrected chi connectivity index (χ0v) is 23.1. The maximum atomic E-state index is 13.7. The molecule has 1 aliphatic heterocycles. The van der Waals surface area contributed by atoms with E-state index in [0.717, 1.165) is 10.1 Å². The van der Waals surface area contributed by atoms with Crippen molar-refractivity contribution in [2.24, 2.45) is 0 Å². The lowest BCUT2D eigenvalue weighted by Crippen LogP contribution is -2.47. The van der Waals surface area contributed by atoms with Gasteiger partial charge in [0.05, 0.1) is 41.9 Å². The van der Waals surface area contributed by atoms with E-state index in [-0.39, 0.29) is 23.9 Å². The van der Waals surface area contributed by atoms with Gasteiger partial charge in [-0.05, 0) is 73.0 Å². The molecule has 5 rings (SSSR count). The summed E-state index contributed by atoms with van der Waals surface area (Å²) in [5.41, 5.74) is 1.05. The summed E-state index contributed by atoms with van der Waals surface area (Å²) in [5.74, 6) is 0.120. The van der Waals surface area contributed by atoms with E-state index in [9.17, 15) is 18.0 Å². The molecule has 1 aromatic heterocycles. The predicted octanol–water partition coefficient (Wildman–Crippen LogP) is 4.71. The largest absolute Gasteiger partial charge is 0.497 e. The van der Waals surface area contributed by atoms with Crippen molar-refractivity contribution in [1.82, 2.24) is 0 Å². The van der Waals surface area contributed by atoms with Crippen LogP contribution in [-0.4, -0.2) is 53.7 Å². The van der Waals surface area contributed by atoms with Crippen molar-refractivity contribution in [3.8, 4) is 11.5 Å². The first-order valence-corrected chi connectivity index (χ1v) is 14.4. The zero-order valence-electron chi connectivity index (χ0n) is 21.5. The third kappa shape index (κ3) is 4.90. The van der Waals surface area contributed by atoms with Crippen molar-refractivity contribution < 1.29 is 32.2 Å². The van der Waals surface area contributed by atoms with Gasteiger partial charge in [-0.1, -0.05) is 12.1 Å². The lowest BCUT2D eigenvalue weighted by molar-refractivity contribution is -0.148. The SMILES string of the molecule is CCN(c1ccc2sc(C(=O)N3C[C@H](C(=O)OC)Oc4ccccc43)cc2c1)S(=O)(=O)c1ccc(OC)cc1. The Balaban J connectivity index is 1.47. The molecule has 4 aromatic rings. The lowest BCUT2D eigenvalue weighted by Gasteiger charge is -2.33. The molecule has 1 amide bonds. The van der Waals surface area contributed by atoms with Crippen LogP contribution in [0.4, 0.5) is 11.4 Å². The summed E-state index contributed by atoms with van der Waals surface area (Å²) in [6.45, 7) is 1.99. The van der Waals surface area contributed by atoms with Gasteiger partial charge in [0.1, 0.15) is 11.5 Å². The number of methoxy groups -OCH3 is 2. The number of para-hydroxylation sites is 2. The number of nitrogens with zero attached hydrogens (tertiary/aromatic N) is 2. The zero-order chi connectivity index (χ0) is 27.7. The first-order valence-electron chi connectivity index (χ1n) is 12.1. The molecular formula is C28H26N2O7S2. The highest BCUT2D eigenvalue weighted by atomic mass is 32.2. The number of anilines is 2. The number of amides is 1. The second-order valence-corrected chi connectivity index (χ2v) is 11.6. The first kappa shape index (κ1) is 26.5. The Morgan fingerprint density at radius 3 is 2.49 bits per heavy atom. The number of hydrogen-bond donors (Lipinski definition) is 0. The molecular weight excluding hydrogens is 540 g/mol. The van der Waals surface area contributed by atoms with Gasteiger partial charge in [0, 0.05) is 11.2 Å². The summed E-state index contributed by atoms with van der Waals surface area (Å²) < 4.78 is 44.7. The van der Waals surface area contributed by atoms with E-state index in [0.29, 0.717) is 27.8 Å². The monoisotopic (exact) mass is 566 g/mol. The molecule has 2 heterocycles. The predicted molar refractivity (Wildman–Crippen MR) is 150 cm³/mol. The smallest absolute Gasteiger partial charge is 0.348 e. The molecule has 39 heavy (non-hydrogen) atoms.